The molecule has 0 aliphatic rings. The standard InChI is InChI=1S/C18H20O4/c1-20-15-5-4-6-16(21-2)18(15)14-10-7-13(8-11-14)9-12-17(19)22-3/h4-8,10-11H,9,12H2,1-3H3. The summed E-state index contributed by atoms with van der Waals surface area (Å²) in [6.07, 6.45) is 1.05. The maximum absolute atomic E-state index is 11.2. The second kappa shape index (κ2) is 7.50. The molecule has 0 spiro atoms. The average Bonchev–Trinajstić information content (AvgIpc) is 2.59. The zero-order valence-electron chi connectivity index (χ0n) is 13.1. The summed E-state index contributed by atoms with van der Waals surface area (Å²) in [7, 11) is 4.69. The van der Waals surface area contributed by atoms with Crippen molar-refractivity contribution in [3.05, 3.63) is 48.0 Å². The molecule has 0 aromatic heterocycles. The first-order valence-electron chi connectivity index (χ1n) is 7.06. The normalized spacial score (nSPS) is 10.1. The monoisotopic (exact) mass is 300 g/mol. The Morgan fingerprint density at radius 3 is 2.00 bits per heavy atom. The molecule has 0 bridgehead atoms. The molecule has 2 aromatic rings. The summed E-state index contributed by atoms with van der Waals surface area (Å²) in [5.74, 6) is 1.33. The summed E-state index contributed by atoms with van der Waals surface area (Å²) in [6, 6.07) is 13.7. The number of hydrogen-bond donors (Lipinski definition) is 0. The highest BCUT2D eigenvalue weighted by molar-refractivity contribution is 5.77. The van der Waals surface area contributed by atoms with Crippen LogP contribution in [0.5, 0.6) is 11.5 Å². The minimum Gasteiger partial charge on any atom is -0.496 e. The first kappa shape index (κ1) is 15.9. The second-order valence-electron chi connectivity index (χ2n) is 4.81. The van der Waals surface area contributed by atoms with Crippen LogP contribution in [0.3, 0.4) is 0 Å². The number of esters is 1. The largest absolute Gasteiger partial charge is 0.496 e. The van der Waals surface area contributed by atoms with Crippen LogP contribution in [0.1, 0.15) is 12.0 Å². The van der Waals surface area contributed by atoms with Gasteiger partial charge in [0.05, 0.1) is 26.9 Å². The van der Waals surface area contributed by atoms with Gasteiger partial charge in [0.1, 0.15) is 11.5 Å². The molecule has 0 unspecified atom stereocenters. The Bertz CT molecular complexity index is 610. The van der Waals surface area contributed by atoms with Crippen molar-refractivity contribution in [1.82, 2.24) is 0 Å². The van der Waals surface area contributed by atoms with Gasteiger partial charge in [-0.1, -0.05) is 30.3 Å². The molecule has 22 heavy (non-hydrogen) atoms. The number of ether oxygens (including phenoxy) is 3. The van der Waals surface area contributed by atoms with E-state index in [1.54, 1.807) is 14.2 Å². The summed E-state index contributed by atoms with van der Waals surface area (Å²) < 4.78 is 15.5. The van der Waals surface area contributed by atoms with Crippen LogP contribution in [-0.4, -0.2) is 27.3 Å². The number of hydrogen-bond acceptors (Lipinski definition) is 4. The van der Waals surface area contributed by atoms with E-state index >= 15 is 0 Å². The van der Waals surface area contributed by atoms with Crippen molar-refractivity contribution in [1.29, 1.82) is 0 Å². The molecule has 0 saturated carbocycles. The molecule has 0 N–H and O–H groups in total. The molecule has 4 nitrogen and oxygen atoms in total. The van der Waals surface area contributed by atoms with Gasteiger partial charge >= 0.3 is 5.97 Å². The van der Waals surface area contributed by atoms with E-state index in [9.17, 15) is 4.79 Å². The third kappa shape index (κ3) is 3.58. The summed E-state index contributed by atoms with van der Waals surface area (Å²) in [6.45, 7) is 0. The van der Waals surface area contributed by atoms with Crippen molar-refractivity contribution in [2.24, 2.45) is 0 Å². The first-order valence-corrected chi connectivity index (χ1v) is 7.06. The zero-order chi connectivity index (χ0) is 15.9. The van der Waals surface area contributed by atoms with Crippen molar-refractivity contribution >= 4 is 5.97 Å². The number of carbonyl (C=O) groups excluding carboxylic acids is 1. The van der Waals surface area contributed by atoms with E-state index in [1.165, 1.54) is 7.11 Å². The van der Waals surface area contributed by atoms with Gasteiger partial charge in [-0.25, -0.2) is 0 Å². The van der Waals surface area contributed by atoms with Crippen molar-refractivity contribution < 1.29 is 19.0 Å². The fourth-order valence-electron chi connectivity index (χ4n) is 2.32. The van der Waals surface area contributed by atoms with Gasteiger partial charge in [-0.05, 0) is 29.7 Å². The Labute approximate surface area is 130 Å². The number of methoxy groups -OCH3 is 3. The third-order valence-corrected chi connectivity index (χ3v) is 3.52. The molecule has 0 saturated heterocycles. The van der Waals surface area contributed by atoms with Crippen LogP contribution in [0, 0.1) is 0 Å². The minimum absolute atomic E-state index is 0.199. The molecule has 0 radical (unpaired) electrons. The van der Waals surface area contributed by atoms with E-state index in [0.29, 0.717) is 12.8 Å². The quantitative estimate of drug-likeness (QED) is 0.766. The number of carbonyl (C=O) groups is 1. The van der Waals surface area contributed by atoms with E-state index in [0.717, 1.165) is 28.2 Å². The van der Waals surface area contributed by atoms with E-state index in [1.807, 2.05) is 42.5 Å². The van der Waals surface area contributed by atoms with Crippen LogP contribution in [0.2, 0.25) is 0 Å². The fraction of sp³-hybridized carbons (Fsp3) is 0.278. The van der Waals surface area contributed by atoms with E-state index < -0.39 is 0 Å². The van der Waals surface area contributed by atoms with Gasteiger partial charge in [-0.15, -0.1) is 0 Å². The Morgan fingerprint density at radius 2 is 1.50 bits per heavy atom. The highest BCUT2D eigenvalue weighted by Crippen LogP contribution is 2.38. The number of benzene rings is 2. The lowest BCUT2D eigenvalue weighted by Crippen LogP contribution is -2.01. The summed E-state index contributed by atoms with van der Waals surface area (Å²) in [5.41, 5.74) is 3.02. The molecule has 0 aliphatic carbocycles. The Morgan fingerprint density at radius 1 is 0.909 bits per heavy atom. The maximum Gasteiger partial charge on any atom is 0.305 e. The van der Waals surface area contributed by atoms with Crippen molar-refractivity contribution in [2.75, 3.05) is 21.3 Å². The number of aryl methyl sites for hydroxylation is 1. The molecule has 4 heteroatoms. The van der Waals surface area contributed by atoms with Gasteiger partial charge in [-0.3, -0.25) is 4.79 Å². The van der Waals surface area contributed by atoms with Gasteiger partial charge in [-0.2, -0.15) is 0 Å². The second-order valence-corrected chi connectivity index (χ2v) is 4.81. The molecule has 116 valence electrons. The Kier molecular flexibility index (Phi) is 5.42. The van der Waals surface area contributed by atoms with Gasteiger partial charge in [0.2, 0.25) is 0 Å². The van der Waals surface area contributed by atoms with Crippen LogP contribution in [0.15, 0.2) is 42.5 Å². The molecular weight excluding hydrogens is 280 g/mol. The van der Waals surface area contributed by atoms with Gasteiger partial charge in [0.15, 0.2) is 0 Å². The van der Waals surface area contributed by atoms with Crippen molar-refractivity contribution in [3.63, 3.8) is 0 Å². The predicted molar refractivity (Wildman–Crippen MR) is 85.3 cm³/mol. The van der Waals surface area contributed by atoms with Crippen LogP contribution in [0.25, 0.3) is 11.1 Å². The summed E-state index contributed by atoms with van der Waals surface area (Å²) >= 11 is 0. The maximum atomic E-state index is 11.2. The Hall–Kier alpha value is -2.49. The van der Waals surface area contributed by atoms with Crippen molar-refractivity contribution in [3.8, 4) is 22.6 Å². The molecule has 0 amide bonds. The number of rotatable bonds is 6. The highest BCUT2D eigenvalue weighted by atomic mass is 16.5. The van der Waals surface area contributed by atoms with Gasteiger partial charge in [0.25, 0.3) is 0 Å². The zero-order valence-corrected chi connectivity index (χ0v) is 13.1. The molecule has 0 fully saturated rings. The van der Waals surface area contributed by atoms with E-state index in [4.69, 9.17) is 9.47 Å². The lowest BCUT2D eigenvalue weighted by atomic mass is 10.0. The van der Waals surface area contributed by atoms with Crippen LogP contribution >= 0.6 is 0 Å². The predicted octanol–water partition coefficient (Wildman–Crippen LogP) is 3.48. The molecule has 0 heterocycles. The summed E-state index contributed by atoms with van der Waals surface area (Å²) in [5, 5.41) is 0. The smallest absolute Gasteiger partial charge is 0.305 e. The SMILES string of the molecule is COC(=O)CCc1ccc(-c2c(OC)cccc2OC)cc1. The lowest BCUT2D eigenvalue weighted by Gasteiger charge is -2.13. The minimum atomic E-state index is -0.199. The molecule has 2 rings (SSSR count). The van der Waals surface area contributed by atoms with Crippen LogP contribution < -0.4 is 9.47 Å². The summed E-state index contributed by atoms with van der Waals surface area (Å²) in [4.78, 5) is 11.2. The lowest BCUT2D eigenvalue weighted by molar-refractivity contribution is -0.140. The highest BCUT2D eigenvalue weighted by Gasteiger charge is 2.12. The third-order valence-electron chi connectivity index (χ3n) is 3.52. The van der Waals surface area contributed by atoms with Crippen molar-refractivity contribution in [2.45, 2.75) is 12.8 Å². The van der Waals surface area contributed by atoms with E-state index in [2.05, 4.69) is 4.74 Å². The first-order chi connectivity index (χ1) is 10.7. The molecule has 0 aliphatic heterocycles. The fourth-order valence-corrected chi connectivity index (χ4v) is 2.32. The van der Waals surface area contributed by atoms with Crippen LogP contribution in [-0.2, 0) is 16.0 Å². The molecule has 2 aromatic carbocycles. The van der Waals surface area contributed by atoms with Crippen LogP contribution in [0.4, 0.5) is 0 Å². The molecule has 0 atom stereocenters. The van der Waals surface area contributed by atoms with E-state index in [-0.39, 0.29) is 5.97 Å². The topological polar surface area (TPSA) is 44.8 Å². The Balaban J connectivity index is 2.25. The molecular formula is C18H20O4. The van der Waals surface area contributed by atoms with Gasteiger partial charge < -0.3 is 14.2 Å². The van der Waals surface area contributed by atoms with Gasteiger partial charge in [0, 0.05) is 6.42 Å². The average molecular weight is 300 g/mol.